The highest BCUT2D eigenvalue weighted by Crippen LogP contribution is 2.21. The van der Waals surface area contributed by atoms with Crippen LogP contribution in [0.4, 0.5) is 0 Å². The Morgan fingerprint density at radius 1 is 1.41 bits per heavy atom. The van der Waals surface area contributed by atoms with Crippen molar-refractivity contribution in [2.24, 2.45) is 0 Å². The summed E-state index contributed by atoms with van der Waals surface area (Å²) in [5.74, 6) is -0.455. The van der Waals surface area contributed by atoms with Crippen molar-refractivity contribution in [2.45, 2.75) is 38.7 Å². The summed E-state index contributed by atoms with van der Waals surface area (Å²) in [5.41, 5.74) is -0.0244. The van der Waals surface area contributed by atoms with Crippen molar-refractivity contribution in [1.82, 2.24) is 15.1 Å². The lowest BCUT2D eigenvalue weighted by atomic mass is 9.92. The van der Waals surface area contributed by atoms with Gasteiger partial charge in [0.15, 0.2) is 5.60 Å². The number of amides is 2. The molecule has 6 heteroatoms. The first-order valence-corrected chi connectivity index (χ1v) is 8.05. The number of nitrogens with one attached hydrogen (secondary N) is 1. The van der Waals surface area contributed by atoms with Gasteiger partial charge >= 0.3 is 0 Å². The van der Waals surface area contributed by atoms with E-state index in [0.717, 1.165) is 26.1 Å². The molecule has 2 aliphatic rings. The zero-order chi connectivity index (χ0) is 16.2. The molecule has 1 saturated heterocycles. The van der Waals surface area contributed by atoms with E-state index in [1.807, 2.05) is 0 Å². The van der Waals surface area contributed by atoms with Crippen molar-refractivity contribution >= 4 is 11.8 Å². The van der Waals surface area contributed by atoms with Crippen molar-refractivity contribution < 1.29 is 14.7 Å². The first-order chi connectivity index (χ1) is 10.4. The number of hydrogen-bond donors (Lipinski definition) is 2. The summed E-state index contributed by atoms with van der Waals surface area (Å²) >= 11 is 0. The van der Waals surface area contributed by atoms with Gasteiger partial charge in [-0.15, -0.1) is 0 Å². The second kappa shape index (κ2) is 7.24. The van der Waals surface area contributed by atoms with E-state index in [0.29, 0.717) is 25.9 Å². The van der Waals surface area contributed by atoms with E-state index in [4.69, 9.17) is 0 Å². The molecule has 0 saturated carbocycles. The van der Waals surface area contributed by atoms with Gasteiger partial charge < -0.3 is 15.3 Å². The van der Waals surface area contributed by atoms with Crippen LogP contribution in [-0.2, 0) is 9.59 Å². The van der Waals surface area contributed by atoms with Gasteiger partial charge in [-0.3, -0.25) is 14.5 Å². The van der Waals surface area contributed by atoms with E-state index in [-0.39, 0.29) is 18.4 Å². The van der Waals surface area contributed by atoms with E-state index >= 15 is 0 Å². The molecule has 2 rings (SSSR count). The van der Waals surface area contributed by atoms with E-state index in [9.17, 15) is 14.7 Å². The normalized spacial score (nSPS) is 26.5. The Morgan fingerprint density at radius 2 is 2.18 bits per heavy atom. The van der Waals surface area contributed by atoms with E-state index in [2.05, 4.69) is 23.2 Å². The largest absolute Gasteiger partial charge is 0.378 e. The molecule has 0 aromatic carbocycles. The molecule has 0 aromatic heterocycles. The highest BCUT2D eigenvalue weighted by atomic mass is 16.3. The van der Waals surface area contributed by atoms with Gasteiger partial charge in [0.1, 0.15) is 0 Å². The second-order valence-electron chi connectivity index (χ2n) is 6.43. The highest BCUT2D eigenvalue weighted by molar-refractivity contribution is 5.86. The number of aliphatic hydroxyl groups is 1. The maximum atomic E-state index is 12.3. The average molecular weight is 309 g/mol. The third-order valence-corrected chi connectivity index (χ3v) is 4.57. The summed E-state index contributed by atoms with van der Waals surface area (Å²) in [6.07, 6.45) is 4.35. The zero-order valence-electron chi connectivity index (χ0n) is 13.6. The van der Waals surface area contributed by atoms with Gasteiger partial charge in [-0.05, 0) is 26.2 Å². The number of carbonyl (C=O) groups excluding carboxylic acids is 2. The van der Waals surface area contributed by atoms with Gasteiger partial charge in [-0.2, -0.15) is 0 Å². The van der Waals surface area contributed by atoms with Crippen molar-refractivity contribution in [3.05, 3.63) is 11.6 Å². The summed E-state index contributed by atoms with van der Waals surface area (Å²) < 4.78 is 0. The maximum Gasteiger partial charge on any atom is 0.253 e. The standard InChI is InChI=1S/C16H27N3O3/c1-13-4-9-18(10-5-13)11-7-17-15(21)16(22)6-3-8-19(12-16)14(2)20/h4,22H,3,5-12H2,1-2H3,(H,17,21)/t16-/m1/s1. The van der Waals surface area contributed by atoms with Gasteiger partial charge in [-0.1, -0.05) is 11.6 Å². The van der Waals surface area contributed by atoms with Crippen LogP contribution in [0.5, 0.6) is 0 Å². The fourth-order valence-electron chi connectivity index (χ4n) is 3.00. The molecule has 1 atom stereocenters. The average Bonchev–Trinajstić information content (AvgIpc) is 2.49. The summed E-state index contributed by atoms with van der Waals surface area (Å²) in [6.45, 7) is 7.55. The number of rotatable bonds is 4. The van der Waals surface area contributed by atoms with Crippen molar-refractivity contribution in [3.63, 3.8) is 0 Å². The molecule has 22 heavy (non-hydrogen) atoms. The zero-order valence-corrected chi connectivity index (χ0v) is 13.6. The molecule has 0 bridgehead atoms. The minimum Gasteiger partial charge on any atom is -0.378 e. The fraction of sp³-hybridized carbons (Fsp3) is 0.750. The molecule has 2 amide bonds. The van der Waals surface area contributed by atoms with Crippen LogP contribution in [0.2, 0.25) is 0 Å². The molecular formula is C16H27N3O3. The van der Waals surface area contributed by atoms with E-state index in [1.54, 1.807) is 4.90 Å². The summed E-state index contributed by atoms with van der Waals surface area (Å²) in [7, 11) is 0. The van der Waals surface area contributed by atoms with Crippen LogP contribution in [0.3, 0.4) is 0 Å². The predicted octanol–water partition coefficient (Wildman–Crippen LogP) is 0.128. The monoisotopic (exact) mass is 309 g/mol. The topological polar surface area (TPSA) is 72.9 Å². The van der Waals surface area contributed by atoms with E-state index < -0.39 is 5.60 Å². The van der Waals surface area contributed by atoms with Gasteiger partial charge in [0.2, 0.25) is 5.91 Å². The minimum absolute atomic E-state index is 0.0959. The molecule has 1 fully saturated rings. The number of β-amino-alcohol motifs (C(OH)–C–C–N with tert-alkyl or cyclic N) is 1. The molecule has 124 valence electrons. The van der Waals surface area contributed by atoms with Crippen molar-refractivity contribution in [3.8, 4) is 0 Å². The van der Waals surface area contributed by atoms with Crippen molar-refractivity contribution in [2.75, 3.05) is 39.3 Å². The Balaban J connectivity index is 1.77. The smallest absolute Gasteiger partial charge is 0.253 e. The summed E-state index contributed by atoms with van der Waals surface area (Å²) in [6, 6.07) is 0. The van der Waals surface area contributed by atoms with E-state index in [1.165, 1.54) is 12.5 Å². The molecule has 0 radical (unpaired) electrons. The van der Waals surface area contributed by atoms with Crippen LogP contribution in [0.25, 0.3) is 0 Å². The van der Waals surface area contributed by atoms with Gasteiger partial charge in [0.05, 0.1) is 6.54 Å². The van der Waals surface area contributed by atoms with Crippen LogP contribution < -0.4 is 5.32 Å². The minimum atomic E-state index is -1.44. The molecule has 0 aromatic rings. The van der Waals surface area contributed by atoms with Crippen LogP contribution in [0, 0.1) is 0 Å². The lowest BCUT2D eigenvalue weighted by Crippen LogP contribution is -2.58. The van der Waals surface area contributed by atoms with Crippen LogP contribution in [0.1, 0.15) is 33.1 Å². The third-order valence-electron chi connectivity index (χ3n) is 4.57. The summed E-state index contributed by atoms with van der Waals surface area (Å²) in [5, 5.41) is 13.3. The first-order valence-electron chi connectivity index (χ1n) is 8.05. The lowest BCUT2D eigenvalue weighted by molar-refractivity contribution is -0.150. The number of likely N-dealkylation sites (tertiary alicyclic amines) is 1. The highest BCUT2D eigenvalue weighted by Gasteiger charge is 2.40. The Kier molecular flexibility index (Phi) is 5.58. The summed E-state index contributed by atoms with van der Waals surface area (Å²) in [4.78, 5) is 27.5. The molecule has 0 spiro atoms. The first kappa shape index (κ1) is 17.0. The Morgan fingerprint density at radius 3 is 2.82 bits per heavy atom. The number of nitrogens with zero attached hydrogens (tertiary/aromatic N) is 2. The Hall–Kier alpha value is -1.40. The number of carbonyl (C=O) groups is 2. The maximum absolute atomic E-state index is 12.3. The lowest BCUT2D eigenvalue weighted by Gasteiger charge is -2.37. The molecule has 0 aliphatic carbocycles. The second-order valence-corrected chi connectivity index (χ2v) is 6.43. The fourth-order valence-corrected chi connectivity index (χ4v) is 3.00. The van der Waals surface area contributed by atoms with Crippen LogP contribution >= 0.6 is 0 Å². The molecule has 6 nitrogen and oxygen atoms in total. The SMILES string of the molecule is CC(=O)N1CCC[C@](O)(C(=O)NCCN2CC=C(C)CC2)C1. The van der Waals surface area contributed by atoms with Gasteiger partial charge in [-0.25, -0.2) is 0 Å². The van der Waals surface area contributed by atoms with Crippen molar-refractivity contribution in [1.29, 1.82) is 0 Å². The quantitative estimate of drug-likeness (QED) is 0.724. The van der Waals surface area contributed by atoms with Gasteiger partial charge in [0.25, 0.3) is 5.91 Å². The molecule has 2 N–H and O–H groups in total. The Bertz CT molecular complexity index is 464. The molecule has 2 aliphatic heterocycles. The third kappa shape index (κ3) is 4.30. The van der Waals surface area contributed by atoms with Crippen LogP contribution in [0.15, 0.2) is 11.6 Å². The number of hydrogen-bond acceptors (Lipinski definition) is 4. The number of piperidine rings is 1. The van der Waals surface area contributed by atoms with Gasteiger partial charge in [0, 0.05) is 39.6 Å². The molecule has 0 unspecified atom stereocenters. The van der Waals surface area contributed by atoms with Crippen LogP contribution in [-0.4, -0.2) is 71.6 Å². The Labute approximate surface area is 132 Å². The molecular weight excluding hydrogens is 282 g/mol. The molecule has 2 heterocycles. The predicted molar refractivity (Wildman–Crippen MR) is 84.3 cm³/mol.